The Hall–Kier alpha value is -2.96. The van der Waals surface area contributed by atoms with Gasteiger partial charge in [0, 0.05) is 50.8 Å². The highest BCUT2D eigenvalue weighted by atomic mass is 16.7. The number of hydrogen-bond acceptors (Lipinski definition) is 5. The van der Waals surface area contributed by atoms with Crippen LogP contribution in [0.15, 0.2) is 42.7 Å². The summed E-state index contributed by atoms with van der Waals surface area (Å²) in [5.74, 6) is 1.49. The molecule has 2 aromatic rings. The lowest BCUT2D eigenvalue weighted by Crippen LogP contribution is -2.51. The first kappa shape index (κ1) is 15.6. The van der Waals surface area contributed by atoms with E-state index < -0.39 is 0 Å². The predicted molar refractivity (Wildman–Crippen MR) is 92.8 cm³/mol. The summed E-state index contributed by atoms with van der Waals surface area (Å²) in [6.07, 6.45) is 3.58. The fraction of sp³-hybridized carbons (Fsp3) is 0.333. The summed E-state index contributed by atoms with van der Waals surface area (Å²) < 4.78 is 10.7. The molecule has 1 aromatic carbocycles. The summed E-state index contributed by atoms with van der Waals surface area (Å²) in [7, 11) is 0. The summed E-state index contributed by atoms with van der Waals surface area (Å²) in [4.78, 5) is 20.5. The second-order valence-electron chi connectivity index (χ2n) is 6.03. The minimum atomic E-state index is -0.0351. The zero-order valence-electron chi connectivity index (χ0n) is 13.9. The van der Waals surface area contributed by atoms with E-state index in [1.807, 2.05) is 35.2 Å². The van der Waals surface area contributed by atoms with Crippen molar-refractivity contribution in [3.05, 3.63) is 48.3 Å². The van der Waals surface area contributed by atoms with Gasteiger partial charge in [0.15, 0.2) is 11.5 Å². The summed E-state index contributed by atoms with van der Waals surface area (Å²) in [5, 5.41) is 2.98. The van der Waals surface area contributed by atoms with E-state index in [1.54, 1.807) is 12.4 Å². The van der Waals surface area contributed by atoms with Crippen LogP contribution in [0.2, 0.25) is 0 Å². The van der Waals surface area contributed by atoms with Gasteiger partial charge in [0.1, 0.15) is 0 Å². The summed E-state index contributed by atoms with van der Waals surface area (Å²) in [5.41, 5.74) is 2.14. The average Bonchev–Trinajstić information content (AvgIpc) is 3.15. The Morgan fingerprint density at radius 2 is 1.80 bits per heavy atom. The number of ether oxygens (including phenoxy) is 2. The third-order valence-electron chi connectivity index (χ3n) is 4.48. The van der Waals surface area contributed by atoms with E-state index in [1.165, 1.54) is 0 Å². The highest BCUT2D eigenvalue weighted by Gasteiger charge is 2.21. The van der Waals surface area contributed by atoms with Crippen LogP contribution in [0.4, 0.5) is 10.5 Å². The number of nitrogens with one attached hydrogen (secondary N) is 1. The van der Waals surface area contributed by atoms with Crippen molar-refractivity contribution in [1.82, 2.24) is 15.2 Å². The zero-order chi connectivity index (χ0) is 17.1. The van der Waals surface area contributed by atoms with Crippen molar-refractivity contribution in [2.45, 2.75) is 6.54 Å². The van der Waals surface area contributed by atoms with E-state index in [0.717, 1.165) is 35.8 Å². The summed E-state index contributed by atoms with van der Waals surface area (Å²) in [6, 6.07) is 9.67. The molecule has 1 aromatic heterocycles. The number of piperazine rings is 1. The van der Waals surface area contributed by atoms with Gasteiger partial charge in [0.25, 0.3) is 0 Å². The fourth-order valence-electron chi connectivity index (χ4n) is 3.06. The Bertz CT molecular complexity index is 745. The normalized spacial score (nSPS) is 16.0. The highest BCUT2D eigenvalue weighted by Crippen LogP contribution is 2.32. The first-order valence-electron chi connectivity index (χ1n) is 8.36. The van der Waals surface area contributed by atoms with Crippen LogP contribution in [-0.4, -0.2) is 48.9 Å². The lowest BCUT2D eigenvalue weighted by Gasteiger charge is -2.36. The number of hydrogen-bond donors (Lipinski definition) is 1. The number of benzene rings is 1. The third-order valence-corrected chi connectivity index (χ3v) is 4.48. The van der Waals surface area contributed by atoms with Crippen molar-refractivity contribution in [2.24, 2.45) is 0 Å². The Morgan fingerprint density at radius 3 is 2.60 bits per heavy atom. The molecule has 130 valence electrons. The van der Waals surface area contributed by atoms with Crippen molar-refractivity contribution in [3.8, 4) is 11.5 Å². The maximum absolute atomic E-state index is 12.4. The number of aromatic nitrogens is 1. The number of fused-ring (bicyclic) bond motifs is 1. The van der Waals surface area contributed by atoms with Gasteiger partial charge in [-0.05, 0) is 29.8 Å². The van der Waals surface area contributed by atoms with Crippen LogP contribution >= 0.6 is 0 Å². The number of carbonyl (C=O) groups excluding carboxylic acids is 1. The molecule has 0 saturated carbocycles. The molecular weight excluding hydrogens is 320 g/mol. The molecule has 0 bridgehead atoms. The number of nitrogens with zero attached hydrogens (tertiary/aromatic N) is 3. The summed E-state index contributed by atoms with van der Waals surface area (Å²) in [6.45, 7) is 3.78. The Kier molecular flexibility index (Phi) is 4.28. The van der Waals surface area contributed by atoms with Crippen LogP contribution < -0.4 is 19.7 Å². The first-order chi connectivity index (χ1) is 12.3. The molecule has 0 unspecified atom stereocenters. The van der Waals surface area contributed by atoms with E-state index in [4.69, 9.17) is 9.47 Å². The average molecular weight is 340 g/mol. The fourth-order valence-corrected chi connectivity index (χ4v) is 3.06. The van der Waals surface area contributed by atoms with Crippen LogP contribution in [-0.2, 0) is 6.54 Å². The molecule has 0 aliphatic carbocycles. The number of carbonyl (C=O) groups is 1. The van der Waals surface area contributed by atoms with Gasteiger partial charge in [-0.15, -0.1) is 0 Å². The molecule has 2 amide bonds. The molecule has 0 spiro atoms. The summed E-state index contributed by atoms with van der Waals surface area (Å²) >= 11 is 0. The SMILES string of the molecule is O=C(NCc1ccc2c(c1)OCO2)N1CCN(c2ccncc2)CC1. The zero-order valence-corrected chi connectivity index (χ0v) is 13.9. The van der Waals surface area contributed by atoms with Gasteiger partial charge in [-0.2, -0.15) is 0 Å². The second kappa shape index (κ2) is 6.88. The largest absolute Gasteiger partial charge is 0.454 e. The van der Waals surface area contributed by atoms with Gasteiger partial charge in [-0.1, -0.05) is 6.07 Å². The van der Waals surface area contributed by atoms with Gasteiger partial charge in [0.05, 0.1) is 0 Å². The molecule has 4 rings (SSSR count). The van der Waals surface area contributed by atoms with E-state index in [2.05, 4.69) is 15.2 Å². The lowest BCUT2D eigenvalue weighted by atomic mass is 10.2. The monoisotopic (exact) mass is 340 g/mol. The standard InChI is InChI=1S/C18H20N4O3/c23-18(20-12-14-1-2-16-17(11-14)25-13-24-16)22-9-7-21(8-10-22)15-3-5-19-6-4-15/h1-6,11H,7-10,12-13H2,(H,20,23). The molecule has 7 nitrogen and oxygen atoms in total. The second-order valence-corrected chi connectivity index (χ2v) is 6.03. The molecular formula is C18H20N4O3. The molecule has 1 saturated heterocycles. The highest BCUT2D eigenvalue weighted by molar-refractivity contribution is 5.74. The van der Waals surface area contributed by atoms with Gasteiger partial charge in [-0.25, -0.2) is 4.79 Å². The molecule has 2 aliphatic heterocycles. The molecule has 0 radical (unpaired) electrons. The van der Waals surface area contributed by atoms with Crippen LogP contribution in [0.3, 0.4) is 0 Å². The Morgan fingerprint density at radius 1 is 1.04 bits per heavy atom. The molecule has 25 heavy (non-hydrogen) atoms. The number of rotatable bonds is 3. The van der Waals surface area contributed by atoms with E-state index in [9.17, 15) is 4.79 Å². The van der Waals surface area contributed by atoms with Crippen molar-refractivity contribution < 1.29 is 14.3 Å². The van der Waals surface area contributed by atoms with Crippen LogP contribution in [0, 0.1) is 0 Å². The van der Waals surface area contributed by atoms with Gasteiger partial charge >= 0.3 is 6.03 Å². The van der Waals surface area contributed by atoms with Crippen molar-refractivity contribution in [1.29, 1.82) is 0 Å². The number of anilines is 1. The van der Waals surface area contributed by atoms with Crippen molar-refractivity contribution in [2.75, 3.05) is 37.9 Å². The van der Waals surface area contributed by atoms with Gasteiger partial charge < -0.3 is 24.6 Å². The van der Waals surface area contributed by atoms with Crippen LogP contribution in [0.1, 0.15) is 5.56 Å². The van der Waals surface area contributed by atoms with E-state index >= 15 is 0 Å². The molecule has 2 aliphatic rings. The molecule has 7 heteroatoms. The van der Waals surface area contributed by atoms with Crippen LogP contribution in [0.5, 0.6) is 11.5 Å². The topological polar surface area (TPSA) is 66.9 Å². The van der Waals surface area contributed by atoms with Gasteiger partial charge in [0.2, 0.25) is 6.79 Å². The molecule has 1 N–H and O–H groups in total. The first-order valence-corrected chi connectivity index (χ1v) is 8.36. The minimum absolute atomic E-state index is 0.0351. The van der Waals surface area contributed by atoms with Gasteiger partial charge in [-0.3, -0.25) is 4.98 Å². The van der Waals surface area contributed by atoms with E-state index in [0.29, 0.717) is 19.6 Å². The maximum atomic E-state index is 12.4. The third kappa shape index (κ3) is 3.45. The van der Waals surface area contributed by atoms with Crippen molar-refractivity contribution in [3.63, 3.8) is 0 Å². The molecule has 0 atom stereocenters. The lowest BCUT2D eigenvalue weighted by molar-refractivity contribution is 0.174. The maximum Gasteiger partial charge on any atom is 0.317 e. The van der Waals surface area contributed by atoms with E-state index in [-0.39, 0.29) is 12.8 Å². The predicted octanol–water partition coefficient (Wildman–Crippen LogP) is 1.84. The number of urea groups is 1. The Labute approximate surface area is 146 Å². The Balaban J connectivity index is 1.28. The minimum Gasteiger partial charge on any atom is -0.454 e. The van der Waals surface area contributed by atoms with Crippen molar-refractivity contribution >= 4 is 11.7 Å². The quantitative estimate of drug-likeness (QED) is 0.923. The number of pyridine rings is 1. The smallest absolute Gasteiger partial charge is 0.317 e. The number of amides is 2. The van der Waals surface area contributed by atoms with Crippen LogP contribution in [0.25, 0.3) is 0 Å². The molecule has 3 heterocycles. The molecule has 1 fully saturated rings.